The SMILES string of the molecule is CCC(C(=O)OC(C)(C)C)C1CCNCC1. The molecule has 3 nitrogen and oxygen atoms in total. The van der Waals surface area contributed by atoms with Crippen LogP contribution in [0.3, 0.4) is 0 Å². The van der Waals surface area contributed by atoms with E-state index in [1.54, 1.807) is 0 Å². The van der Waals surface area contributed by atoms with Crippen molar-refractivity contribution >= 4 is 5.97 Å². The average molecular weight is 227 g/mol. The van der Waals surface area contributed by atoms with Gasteiger partial charge in [0.05, 0.1) is 5.92 Å². The van der Waals surface area contributed by atoms with Crippen LogP contribution in [0, 0.1) is 11.8 Å². The number of carbonyl (C=O) groups is 1. The fraction of sp³-hybridized carbons (Fsp3) is 0.923. The Morgan fingerprint density at radius 1 is 1.38 bits per heavy atom. The first-order valence-electron chi connectivity index (χ1n) is 6.37. The van der Waals surface area contributed by atoms with Gasteiger partial charge in [0, 0.05) is 0 Å². The van der Waals surface area contributed by atoms with Crippen LogP contribution in [0.1, 0.15) is 47.0 Å². The molecule has 0 bridgehead atoms. The first-order valence-corrected chi connectivity index (χ1v) is 6.37. The summed E-state index contributed by atoms with van der Waals surface area (Å²) >= 11 is 0. The van der Waals surface area contributed by atoms with E-state index in [1.807, 2.05) is 20.8 Å². The molecule has 1 aliphatic heterocycles. The summed E-state index contributed by atoms with van der Waals surface area (Å²) in [6.45, 7) is 9.94. The number of hydrogen-bond acceptors (Lipinski definition) is 3. The van der Waals surface area contributed by atoms with Crippen molar-refractivity contribution in [2.45, 2.75) is 52.6 Å². The number of esters is 1. The highest BCUT2D eigenvalue weighted by atomic mass is 16.6. The van der Waals surface area contributed by atoms with Crippen molar-refractivity contribution in [3.63, 3.8) is 0 Å². The normalized spacial score (nSPS) is 20.5. The Hall–Kier alpha value is -0.570. The molecule has 1 saturated heterocycles. The van der Waals surface area contributed by atoms with E-state index in [0.29, 0.717) is 5.92 Å². The maximum absolute atomic E-state index is 12.0. The zero-order valence-corrected chi connectivity index (χ0v) is 11.0. The van der Waals surface area contributed by atoms with E-state index in [4.69, 9.17) is 4.74 Å². The molecule has 0 radical (unpaired) electrons. The van der Waals surface area contributed by atoms with Crippen LogP contribution in [0.4, 0.5) is 0 Å². The average Bonchev–Trinajstić information content (AvgIpc) is 2.17. The lowest BCUT2D eigenvalue weighted by Crippen LogP contribution is -2.37. The number of carbonyl (C=O) groups excluding carboxylic acids is 1. The summed E-state index contributed by atoms with van der Waals surface area (Å²) in [5.41, 5.74) is -0.364. The highest BCUT2D eigenvalue weighted by Gasteiger charge is 2.31. The molecule has 1 unspecified atom stereocenters. The number of piperidine rings is 1. The lowest BCUT2D eigenvalue weighted by molar-refractivity contribution is -0.162. The van der Waals surface area contributed by atoms with Gasteiger partial charge >= 0.3 is 5.97 Å². The van der Waals surface area contributed by atoms with Gasteiger partial charge in [0.25, 0.3) is 0 Å². The van der Waals surface area contributed by atoms with Crippen molar-refractivity contribution in [2.24, 2.45) is 11.8 Å². The quantitative estimate of drug-likeness (QED) is 0.752. The fourth-order valence-corrected chi connectivity index (χ4v) is 2.32. The number of ether oxygens (including phenoxy) is 1. The van der Waals surface area contributed by atoms with Gasteiger partial charge in [0.15, 0.2) is 0 Å². The predicted octanol–water partition coefficient (Wildman–Crippen LogP) is 2.35. The molecule has 1 N–H and O–H groups in total. The summed E-state index contributed by atoms with van der Waals surface area (Å²) in [5, 5.41) is 3.33. The molecular formula is C13H25NO2. The number of hydrogen-bond donors (Lipinski definition) is 1. The van der Waals surface area contributed by atoms with E-state index < -0.39 is 0 Å². The molecule has 0 aromatic carbocycles. The maximum Gasteiger partial charge on any atom is 0.309 e. The smallest absolute Gasteiger partial charge is 0.309 e. The minimum Gasteiger partial charge on any atom is -0.460 e. The summed E-state index contributed by atoms with van der Waals surface area (Å²) in [5.74, 6) is 0.573. The van der Waals surface area contributed by atoms with Crippen LogP contribution >= 0.6 is 0 Å². The molecule has 0 aromatic heterocycles. The van der Waals surface area contributed by atoms with Crippen molar-refractivity contribution in [1.29, 1.82) is 0 Å². The maximum atomic E-state index is 12.0. The molecule has 1 aliphatic rings. The Morgan fingerprint density at radius 3 is 2.38 bits per heavy atom. The summed E-state index contributed by atoms with van der Waals surface area (Å²) in [7, 11) is 0. The Bertz CT molecular complexity index is 227. The molecule has 1 heterocycles. The van der Waals surface area contributed by atoms with E-state index >= 15 is 0 Å². The van der Waals surface area contributed by atoms with Gasteiger partial charge in [0.1, 0.15) is 5.60 Å². The standard InChI is InChI=1S/C13H25NO2/c1-5-11(10-6-8-14-9-7-10)12(15)16-13(2,3)4/h10-11,14H,5-9H2,1-4H3. The Kier molecular flexibility index (Phi) is 4.78. The van der Waals surface area contributed by atoms with Gasteiger partial charge in [-0.05, 0) is 59.0 Å². The van der Waals surface area contributed by atoms with Crippen LogP contribution in [-0.4, -0.2) is 24.7 Å². The zero-order chi connectivity index (χ0) is 12.2. The summed E-state index contributed by atoms with van der Waals surface area (Å²) in [6, 6.07) is 0. The van der Waals surface area contributed by atoms with Gasteiger partial charge in [0.2, 0.25) is 0 Å². The third kappa shape index (κ3) is 4.12. The van der Waals surface area contributed by atoms with Gasteiger partial charge in [-0.25, -0.2) is 0 Å². The Morgan fingerprint density at radius 2 is 1.94 bits per heavy atom. The molecule has 0 amide bonds. The third-order valence-electron chi connectivity index (χ3n) is 3.10. The fourth-order valence-electron chi connectivity index (χ4n) is 2.32. The Labute approximate surface area is 98.9 Å². The van der Waals surface area contributed by atoms with Crippen molar-refractivity contribution in [3.8, 4) is 0 Å². The van der Waals surface area contributed by atoms with Crippen molar-refractivity contribution in [3.05, 3.63) is 0 Å². The topological polar surface area (TPSA) is 38.3 Å². The van der Waals surface area contributed by atoms with Gasteiger partial charge < -0.3 is 10.1 Å². The molecule has 0 saturated carbocycles. The zero-order valence-electron chi connectivity index (χ0n) is 11.0. The van der Waals surface area contributed by atoms with Crippen molar-refractivity contribution < 1.29 is 9.53 Å². The minimum absolute atomic E-state index is 0.0121. The molecule has 1 rings (SSSR count). The van der Waals surface area contributed by atoms with E-state index in [0.717, 1.165) is 32.4 Å². The van der Waals surface area contributed by atoms with E-state index in [1.165, 1.54) is 0 Å². The van der Waals surface area contributed by atoms with Crippen LogP contribution in [-0.2, 0) is 9.53 Å². The van der Waals surface area contributed by atoms with Gasteiger partial charge in [-0.15, -0.1) is 0 Å². The molecule has 0 spiro atoms. The van der Waals surface area contributed by atoms with Gasteiger partial charge in [-0.3, -0.25) is 4.79 Å². The Balaban J connectivity index is 2.55. The van der Waals surface area contributed by atoms with Crippen LogP contribution in [0.5, 0.6) is 0 Å². The summed E-state index contributed by atoms with van der Waals surface area (Å²) < 4.78 is 5.48. The summed E-state index contributed by atoms with van der Waals surface area (Å²) in [6.07, 6.45) is 3.08. The second-order valence-corrected chi connectivity index (χ2v) is 5.64. The lowest BCUT2D eigenvalue weighted by atomic mass is 9.83. The molecular weight excluding hydrogens is 202 g/mol. The van der Waals surface area contributed by atoms with Crippen LogP contribution in [0.2, 0.25) is 0 Å². The number of rotatable bonds is 3. The van der Waals surface area contributed by atoms with E-state index in [2.05, 4.69) is 12.2 Å². The van der Waals surface area contributed by atoms with Crippen molar-refractivity contribution in [2.75, 3.05) is 13.1 Å². The van der Waals surface area contributed by atoms with Crippen LogP contribution in [0.15, 0.2) is 0 Å². The van der Waals surface area contributed by atoms with Crippen LogP contribution in [0.25, 0.3) is 0 Å². The molecule has 16 heavy (non-hydrogen) atoms. The first kappa shape index (κ1) is 13.5. The second kappa shape index (κ2) is 5.67. The van der Waals surface area contributed by atoms with Gasteiger partial charge in [-0.2, -0.15) is 0 Å². The van der Waals surface area contributed by atoms with Crippen molar-refractivity contribution in [1.82, 2.24) is 5.32 Å². The highest BCUT2D eigenvalue weighted by molar-refractivity contribution is 5.73. The molecule has 0 aliphatic carbocycles. The predicted molar refractivity (Wildman–Crippen MR) is 65.2 cm³/mol. The molecule has 1 atom stereocenters. The van der Waals surface area contributed by atoms with Crippen LogP contribution < -0.4 is 5.32 Å². The molecule has 0 aromatic rings. The monoisotopic (exact) mass is 227 g/mol. The number of nitrogens with one attached hydrogen (secondary N) is 1. The lowest BCUT2D eigenvalue weighted by Gasteiger charge is -2.31. The minimum atomic E-state index is -0.364. The van der Waals surface area contributed by atoms with Gasteiger partial charge in [-0.1, -0.05) is 6.92 Å². The summed E-state index contributed by atoms with van der Waals surface area (Å²) in [4.78, 5) is 12.0. The third-order valence-corrected chi connectivity index (χ3v) is 3.10. The first-order chi connectivity index (χ1) is 7.44. The highest BCUT2D eigenvalue weighted by Crippen LogP contribution is 2.27. The molecule has 94 valence electrons. The van der Waals surface area contributed by atoms with E-state index in [-0.39, 0.29) is 17.5 Å². The largest absolute Gasteiger partial charge is 0.460 e. The van der Waals surface area contributed by atoms with E-state index in [9.17, 15) is 4.79 Å². The molecule has 3 heteroatoms. The molecule has 1 fully saturated rings. The second-order valence-electron chi connectivity index (χ2n) is 5.64.